The average molecular weight is 568 g/mol. The van der Waals surface area contributed by atoms with Gasteiger partial charge in [-0.15, -0.1) is 0 Å². The van der Waals surface area contributed by atoms with Gasteiger partial charge in [0.25, 0.3) is 5.91 Å². The number of amidine groups is 1. The third-order valence-corrected chi connectivity index (χ3v) is 7.24. The van der Waals surface area contributed by atoms with Gasteiger partial charge in [0.05, 0.1) is 22.7 Å². The van der Waals surface area contributed by atoms with Gasteiger partial charge in [0, 0.05) is 20.6 Å². The second-order valence-electron chi connectivity index (χ2n) is 7.42. The first kappa shape index (κ1) is 25.7. The van der Waals surface area contributed by atoms with E-state index >= 15 is 0 Å². The Bertz CT molecular complexity index is 1380. The number of aliphatic imine (C=N–C) groups is 1. The molecule has 0 spiro atoms. The van der Waals surface area contributed by atoms with Crippen molar-refractivity contribution in [3.8, 4) is 11.5 Å². The van der Waals surface area contributed by atoms with E-state index in [2.05, 4.69) is 10.3 Å². The predicted molar refractivity (Wildman–Crippen MR) is 146 cm³/mol. The fourth-order valence-corrected chi connectivity index (χ4v) is 4.95. The summed E-state index contributed by atoms with van der Waals surface area (Å²) in [5.74, 6) is 0.520. The highest BCUT2D eigenvalue weighted by Crippen LogP contribution is 2.39. The van der Waals surface area contributed by atoms with Gasteiger partial charge >= 0.3 is 0 Å². The number of nitrogens with one attached hydrogen (secondary N) is 1. The van der Waals surface area contributed by atoms with Crippen LogP contribution in [0.5, 0.6) is 11.5 Å². The lowest BCUT2D eigenvalue weighted by molar-refractivity contribution is -0.115. The number of hydrogen-bond donors (Lipinski definition) is 1. The summed E-state index contributed by atoms with van der Waals surface area (Å²) in [5, 5.41) is 5.20. The Balaban J connectivity index is 1.55. The molecule has 1 aliphatic rings. The zero-order valence-corrected chi connectivity index (χ0v) is 22.3. The van der Waals surface area contributed by atoms with Crippen molar-refractivity contribution in [1.29, 1.82) is 0 Å². The molecule has 0 bridgehead atoms. The number of nitrogens with zero attached hydrogens (tertiary/aromatic N) is 1. The Morgan fingerprint density at radius 1 is 1.03 bits per heavy atom. The molecule has 1 fully saturated rings. The Morgan fingerprint density at radius 2 is 1.83 bits per heavy atom. The molecule has 0 aliphatic carbocycles. The van der Waals surface area contributed by atoms with E-state index in [0.717, 1.165) is 11.1 Å². The third kappa shape index (κ3) is 6.08. The summed E-state index contributed by atoms with van der Waals surface area (Å²) in [5.41, 5.74) is 2.94. The SMILES string of the molecule is COc1cc(/C=C2/SC(=Nc3cccc(Cl)c3C)NC2=O)cc(Cl)c1OCc1ccc(Cl)cc1Cl. The topological polar surface area (TPSA) is 59.9 Å². The number of thioether (sulfide) groups is 1. The highest BCUT2D eigenvalue weighted by atomic mass is 35.5. The van der Waals surface area contributed by atoms with Gasteiger partial charge in [0.2, 0.25) is 0 Å². The molecule has 1 saturated heterocycles. The molecule has 35 heavy (non-hydrogen) atoms. The molecule has 3 aromatic carbocycles. The third-order valence-electron chi connectivity index (χ3n) is 5.05. The zero-order chi connectivity index (χ0) is 25.1. The van der Waals surface area contributed by atoms with E-state index in [1.165, 1.54) is 18.9 Å². The number of methoxy groups -OCH3 is 1. The van der Waals surface area contributed by atoms with Crippen LogP contribution in [0.1, 0.15) is 16.7 Å². The van der Waals surface area contributed by atoms with Crippen LogP contribution in [0.3, 0.4) is 0 Å². The molecule has 0 aromatic heterocycles. The molecule has 1 amide bonds. The van der Waals surface area contributed by atoms with Crippen molar-refractivity contribution in [2.45, 2.75) is 13.5 Å². The molecule has 0 atom stereocenters. The summed E-state index contributed by atoms with van der Waals surface area (Å²) in [4.78, 5) is 17.5. The first-order chi connectivity index (χ1) is 16.7. The fourth-order valence-electron chi connectivity index (χ4n) is 3.21. The summed E-state index contributed by atoms with van der Waals surface area (Å²) >= 11 is 26.1. The van der Waals surface area contributed by atoms with Gasteiger partial charge < -0.3 is 14.8 Å². The number of carbonyl (C=O) groups is 1. The van der Waals surface area contributed by atoms with E-state index < -0.39 is 0 Å². The van der Waals surface area contributed by atoms with E-state index in [9.17, 15) is 4.79 Å². The first-order valence-electron chi connectivity index (χ1n) is 10.2. The average Bonchev–Trinajstić information content (AvgIpc) is 3.15. The normalized spacial score (nSPS) is 15.5. The van der Waals surface area contributed by atoms with Crippen LogP contribution in [0.25, 0.3) is 6.08 Å². The minimum absolute atomic E-state index is 0.174. The Labute approximate surface area is 227 Å². The minimum atomic E-state index is -0.263. The lowest BCUT2D eigenvalue weighted by Gasteiger charge is -2.14. The van der Waals surface area contributed by atoms with Gasteiger partial charge in [-0.2, -0.15) is 0 Å². The molecule has 0 saturated carbocycles. The van der Waals surface area contributed by atoms with Crippen molar-refractivity contribution >= 4 is 81.0 Å². The summed E-state index contributed by atoms with van der Waals surface area (Å²) < 4.78 is 11.4. The molecule has 4 rings (SSSR count). The Morgan fingerprint density at radius 3 is 2.57 bits per heavy atom. The summed E-state index contributed by atoms with van der Waals surface area (Å²) in [6.45, 7) is 2.05. The maximum absolute atomic E-state index is 12.5. The smallest absolute Gasteiger partial charge is 0.264 e. The van der Waals surface area contributed by atoms with E-state index in [1.54, 1.807) is 42.5 Å². The fraction of sp³-hybridized carbons (Fsp3) is 0.120. The Kier molecular flexibility index (Phi) is 8.19. The van der Waals surface area contributed by atoms with E-state index in [1.807, 2.05) is 19.1 Å². The second-order valence-corrected chi connectivity index (χ2v) is 10.1. The van der Waals surface area contributed by atoms with Gasteiger partial charge in [0.1, 0.15) is 6.61 Å². The van der Waals surface area contributed by atoms with Crippen LogP contribution in [0, 0.1) is 6.92 Å². The van der Waals surface area contributed by atoms with Gasteiger partial charge in [-0.3, -0.25) is 4.79 Å². The number of hydrogen-bond acceptors (Lipinski definition) is 5. The van der Waals surface area contributed by atoms with Crippen molar-refractivity contribution in [2.24, 2.45) is 4.99 Å². The lowest BCUT2D eigenvalue weighted by Crippen LogP contribution is -2.19. The summed E-state index contributed by atoms with van der Waals surface area (Å²) in [6.07, 6.45) is 1.71. The summed E-state index contributed by atoms with van der Waals surface area (Å²) in [7, 11) is 1.51. The molecule has 0 radical (unpaired) electrons. The van der Waals surface area contributed by atoms with Crippen LogP contribution in [0.4, 0.5) is 5.69 Å². The maximum atomic E-state index is 12.5. The molecule has 180 valence electrons. The number of ether oxygens (including phenoxy) is 2. The number of benzene rings is 3. The van der Waals surface area contributed by atoms with Crippen molar-refractivity contribution in [1.82, 2.24) is 5.32 Å². The quantitative estimate of drug-likeness (QED) is 0.306. The van der Waals surface area contributed by atoms with Crippen LogP contribution in [-0.4, -0.2) is 18.2 Å². The van der Waals surface area contributed by atoms with E-state index in [4.69, 9.17) is 55.9 Å². The van der Waals surface area contributed by atoms with Gasteiger partial charge in [-0.1, -0.05) is 58.5 Å². The second kappa shape index (κ2) is 11.1. The largest absolute Gasteiger partial charge is 0.493 e. The number of amides is 1. The summed E-state index contributed by atoms with van der Waals surface area (Å²) in [6, 6.07) is 14.0. The molecular weight excluding hydrogens is 550 g/mol. The van der Waals surface area contributed by atoms with Crippen molar-refractivity contribution in [3.63, 3.8) is 0 Å². The Hall–Kier alpha value is -2.35. The van der Waals surface area contributed by atoms with Crippen LogP contribution in [0.15, 0.2) is 58.4 Å². The predicted octanol–water partition coefficient (Wildman–Crippen LogP) is 8.09. The van der Waals surface area contributed by atoms with E-state index in [-0.39, 0.29) is 12.5 Å². The molecule has 1 aliphatic heterocycles. The lowest BCUT2D eigenvalue weighted by atomic mass is 10.1. The molecule has 3 aromatic rings. The molecule has 10 heteroatoms. The highest BCUT2D eigenvalue weighted by molar-refractivity contribution is 8.18. The van der Waals surface area contributed by atoms with Gasteiger partial charge in [-0.25, -0.2) is 4.99 Å². The van der Waals surface area contributed by atoms with E-state index in [0.29, 0.717) is 52.9 Å². The standard InChI is InChI=1S/C25H18Cl4N2O3S/c1-13-17(27)4-3-5-20(13)30-25-31-24(32)22(35-25)10-14-8-19(29)23(21(9-14)33-2)34-12-15-6-7-16(26)11-18(15)28/h3-11H,12H2,1-2H3,(H,30,31,32)/b22-10+. The van der Waals surface area contributed by atoms with Crippen molar-refractivity contribution < 1.29 is 14.3 Å². The number of rotatable bonds is 6. The molecular formula is C25H18Cl4N2O3S. The highest BCUT2D eigenvalue weighted by Gasteiger charge is 2.24. The molecule has 0 unspecified atom stereocenters. The van der Waals surface area contributed by atoms with Crippen LogP contribution < -0.4 is 14.8 Å². The van der Waals surface area contributed by atoms with Gasteiger partial charge in [0.15, 0.2) is 16.7 Å². The first-order valence-corrected chi connectivity index (χ1v) is 12.6. The molecule has 1 heterocycles. The van der Waals surface area contributed by atoms with Crippen molar-refractivity contribution in [3.05, 3.63) is 90.2 Å². The minimum Gasteiger partial charge on any atom is -0.493 e. The zero-order valence-electron chi connectivity index (χ0n) is 18.5. The van der Waals surface area contributed by atoms with Gasteiger partial charge in [-0.05, 0) is 72.3 Å². The molecule has 5 nitrogen and oxygen atoms in total. The monoisotopic (exact) mass is 566 g/mol. The van der Waals surface area contributed by atoms with Crippen LogP contribution >= 0.6 is 58.2 Å². The van der Waals surface area contributed by atoms with Crippen LogP contribution in [-0.2, 0) is 11.4 Å². The number of carbonyl (C=O) groups excluding carboxylic acids is 1. The maximum Gasteiger partial charge on any atom is 0.264 e. The van der Waals surface area contributed by atoms with Crippen LogP contribution in [0.2, 0.25) is 20.1 Å². The number of halogens is 4. The van der Waals surface area contributed by atoms with Crippen molar-refractivity contribution in [2.75, 3.05) is 7.11 Å². The molecule has 1 N–H and O–H groups in total.